The molecule has 16 heavy (non-hydrogen) atoms. The number of oxime groups is 1. The first-order valence-corrected chi connectivity index (χ1v) is 6.34. The fraction of sp³-hybridized carbons (Fsp3) is 0.400. The van der Waals surface area contributed by atoms with Crippen LogP contribution >= 0.6 is 0 Å². The molecule has 6 heteroatoms. The molecular formula is C10H13NO4S. The van der Waals surface area contributed by atoms with E-state index in [1.807, 2.05) is 0 Å². The number of ketones is 1. The Hall–Kier alpha value is -1.43. The first-order chi connectivity index (χ1) is 7.35. The second kappa shape index (κ2) is 4.61. The second-order valence-corrected chi connectivity index (χ2v) is 5.26. The minimum atomic E-state index is -3.60. The lowest BCUT2D eigenvalue weighted by Gasteiger charge is -2.07. The largest absolute Gasteiger partial charge is 0.328 e. The van der Waals surface area contributed by atoms with Gasteiger partial charge in [0.25, 0.3) is 0 Å². The van der Waals surface area contributed by atoms with Crippen molar-refractivity contribution in [1.82, 2.24) is 0 Å². The summed E-state index contributed by atoms with van der Waals surface area (Å²) in [6.45, 7) is 4.74. The van der Waals surface area contributed by atoms with Crippen molar-refractivity contribution in [2.24, 2.45) is 5.16 Å². The Bertz CT molecular complexity index is 473. The molecule has 5 nitrogen and oxygen atoms in total. The number of carbonyl (C=O) groups is 1. The maximum absolute atomic E-state index is 11.4. The van der Waals surface area contributed by atoms with Gasteiger partial charge < -0.3 is 0 Å². The average molecular weight is 243 g/mol. The summed E-state index contributed by atoms with van der Waals surface area (Å²) >= 11 is 0. The Morgan fingerprint density at radius 2 is 1.75 bits per heavy atom. The van der Waals surface area contributed by atoms with Crippen molar-refractivity contribution in [2.75, 3.05) is 5.75 Å². The van der Waals surface area contributed by atoms with E-state index in [4.69, 9.17) is 0 Å². The van der Waals surface area contributed by atoms with Gasteiger partial charge >= 0.3 is 10.1 Å². The molecule has 0 atom stereocenters. The highest BCUT2D eigenvalue weighted by Crippen LogP contribution is 2.12. The zero-order valence-electron chi connectivity index (χ0n) is 9.35. The van der Waals surface area contributed by atoms with Crippen LogP contribution in [-0.2, 0) is 19.2 Å². The Kier molecular flexibility index (Phi) is 3.64. The summed E-state index contributed by atoms with van der Waals surface area (Å²) in [4.78, 5) is 11.4. The topological polar surface area (TPSA) is 72.8 Å². The summed E-state index contributed by atoms with van der Waals surface area (Å²) in [5, 5.41) is 3.48. The monoisotopic (exact) mass is 243 g/mol. The van der Waals surface area contributed by atoms with Crippen LogP contribution in [0.5, 0.6) is 0 Å². The number of rotatable bonds is 3. The van der Waals surface area contributed by atoms with Gasteiger partial charge in [0.1, 0.15) is 5.71 Å². The van der Waals surface area contributed by atoms with Gasteiger partial charge in [0.15, 0.2) is 5.78 Å². The molecular weight excluding hydrogens is 230 g/mol. The smallest absolute Gasteiger partial charge is 0.289 e. The number of hydrogen-bond acceptors (Lipinski definition) is 5. The van der Waals surface area contributed by atoms with Crippen LogP contribution in [0.3, 0.4) is 0 Å². The number of hydrogen-bond donors (Lipinski definition) is 0. The molecule has 0 aromatic rings. The van der Waals surface area contributed by atoms with E-state index in [2.05, 4.69) is 9.44 Å². The van der Waals surface area contributed by atoms with Crippen LogP contribution in [0.2, 0.25) is 0 Å². The Morgan fingerprint density at radius 1 is 1.25 bits per heavy atom. The number of allylic oxidation sites excluding steroid dienone is 4. The predicted molar refractivity (Wildman–Crippen MR) is 60.5 cm³/mol. The summed E-state index contributed by atoms with van der Waals surface area (Å²) in [5.74, 6) is -0.217. The predicted octanol–water partition coefficient (Wildman–Crippen LogP) is 1.18. The average Bonchev–Trinajstić information content (AvgIpc) is 2.23. The van der Waals surface area contributed by atoms with Crippen LogP contribution in [-0.4, -0.2) is 25.7 Å². The standard InChI is InChI=1S/C10H13NO4S/c1-4-16(13,14)15-11-9-5-7(2)10(12)8(3)6-9/h5-6H,4H2,1-3H3. The quantitative estimate of drug-likeness (QED) is 0.551. The molecule has 0 aromatic carbocycles. The van der Waals surface area contributed by atoms with Crippen molar-refractivity contribution in [3.05, 3.63) is 23.3 Å². The summed E-state index contributed by atoms with van der Waals surface area (Å²) < 4.78 is 26.5. The maximum Gasteiger partial charge on any atom is 0.328 e. The molecule has 88 valence electrons. The third-order valence-electron chi connectivity index (χ3n) is 2.05. The lowest BCUT2D eigenvalue weighted by molar-refractivity contribution is -0.112. The first kappa shape index (κ1) is 12.6. The van der Waals surface area contributed by atoms with E-state index in [1.54, 1.807) is 13.8 Å². The van der Waals surface area contributed by atoms with Gasteiger partial charge in [-0.3, -0.25) is 9.08 Å². The van der Waals surface area contributed by atoms with Gasteiger partial charge in [0.2, 0.25) is 0 Å². The van der Waals surface area contributed by atoms with E-state index >= 15 is 0 Å². The molecule has 0 aliphatic heterocycles. The lowest BCUT2D eigenvalue weighted by Crippen LogP contribution is -2.12. The van der Waals surface area contributed by atoms with Gasteiger partial charge in [-0.1, -0.05) is 5.16 Å². The van der Waals surface area contributed by atoms with Crippen LogP contribution in [0.15, 0.2) is 28.5 Å². The van der Waals surface area contributed by atoms with E-state index in [-0.39, 0.29) is 11.5 Å². The maximum atomic E-state index is 11.4. The fourth-order valence-electron chi connectivity index (χ4n) is 1.13. The summed E-state index contributed by atoms with van der Waals surface area (Å²) in [6.07, 6.45) is 2.97. The van der Waals surface area contributed by atoms with Crippen molar-refractivity contribution in [3.63, 3.8) is 0 Å². The molecule has 1 rings (SSSR count). The molecule has 1 aliphatic rings. The van der Waals surface area contributed by atoms with Gasteiger partial charge in [0, 0.05) is 0 Å². The SMILES string of the molecule is CCS(=O)(=O)ON=C1C=C(C)C(=O)C(C)=C1. The van der Waals surface area contributed by atoms with Gasteiger partial charge in [-0.2, -0.15) is 8.42 Å². The Labute approximate surface area is 94.6 Å². The molecule has 0 aromatic heterocycles. The third kappa shape index (κ3) is 3.03. The summed E-state index contributed by atoms with van der Waals surface area (Å²) in [5.41, 5.74) is 1.35. The molecule has 1 aliphatic carbocycles. The molecule has 0 N–H and O–H groups in total. The van der Waals surface area contributed by atoms with Crippen LogP contribution in [0, 0.1) is 0 Å². The highest BCUT2D eigenvalue weighted by Gasteiger charge is 2.15. The van der Waals surface area contributed by atoms with E-state index < -0.39 is 10.1 Å². The minimum absolute atomic E-state index is 0.0719. The second-order valence-electron chi connectivity index (χ2n) is 3.42. The highest BCUT2D eigenvalue weighted by molar-refractivity contribution is 7.86. The zero-order chi connectivity index (χ0) is 12.3. The van der Waals surface area contributed by atoms with Crippen molar-refractivity contribution in [3.8, 4) is 0 Å². The molecule has 0 fully saturated rings. The molecule has 0 radical (unpaired) electrons. The normalized spacial score (nSPS) is 16.7. The third-order valence-corrected chi connectivity index (χ3v) is 3.06. The van der Waals surface area contributed by atoms with Crippen LogP contribution in [0.25, 0.3) is 0 Å². The number of Topliss-reactive ketones (excluding diaryl/α,β-unsaturated/α-hetero) is 1. The van der Waals surface area contributed by atoms with Gasteiger partial charge in [0.05, 0.1) is 5.75 Å². The van der Waals surface area contributed by atoms with Gasteiger partial charge in [-0.15, -0.1) is 0 Å². The molecule has 0 spiro atoms. The van der Waals surface area contributed by atoms with Gasteiger partial charge in [-0.25, -0.2) is 0 Å². The van der Waals surface area contributed by atoms with Crippen molar-refractivity contribution >= 4 is 21.6 Å². The van der Waals surface area contributed by atoms with Crippen molar-refractivity contribution in [1.29, 1.82) is 0 Å². The minimum Gasteiger partial charge on any atom is -0.289 e. The van der Waals surface area contributed by atoms with Crippen LogP contribution in [0.1, 0.15) is 20.8 Å². The van der Waals surface area contributed by atoms with E-state index in [1.165, 1.54) is 19.1 Å². The van der Waals surface area contributed by atoms with E-state index in [9.17, 15) is 13.2 Å². The van der Waals surface area contributed by atoms with Crippen molar-refractivity contribution < 1.29 is 17.5 Å². The molecule has 0 amide bonds. The fourth-order valence-corrected chi connectivity index (χ4v) is 1.44. The number of nitrogens with zero attached hydrogens (tertiary/aromatic N) is 1. The summed E-state index contributed by atoms with van der Waals surface area (Å²) in [7, 11) is -3.60. The van der Waals surface area contributed by atoms with Crippen LogP contribution in [0.4, 0.5) is 0 Å². The summed E-state index contributed by atoms with van der Waals surface area (Å²) in [6, 6.07) is 0. The molecule has 0 unspecified atom stereocenters. The molecule has 0 bridgehead atoms. The van der Waals surface area contributed by atoms with Crippen molar-refractivity contribution in [2.45, 2.75) is 20.8 Å². The molecule has 0 saturated carbocycles. The van der Waals surface area contributed by atoms with Crippen LogP contribution < -0.4 is 0 Å². The Morgan fingerprint density at radius 3 is 2.19 bits per heavy atom. The van der Waals surface area contributed by atoms with E-state index in [0.717, 1.165) is 0 Å². The molecule has 0 heterocycles. The Balaban J connectivity index is 2.92. The van der Waals surface area contributed by atoms with E-state index in [0.29, 0.717) is 16.9 Å². The van der Waals surface area contributed by atoms with Gasteiger partial charge in [-0.05, 0) is 44.1 Å². The first-order valence-electron chi connectivity index (χ1n) is 4.76. The zero-order valence-corrected chi connectivity index (χ0v) is 10.2. The lowest BCUT2D eigenvalue weighted by atomic mass is 9.98. The number of carbonyl (C=O) groups excluding carboxylic acids is 1. The molecule has 0 saturated heterocycles. The highest BCUT2D eigenvalue weighted by atomic mass is 32.2.